The normalized spacial score (nSPS) is 25.9. The van der Waals surface area contributed by atoms with Gasteiger partial charge in [0.05, 0.1) is 0 Å². The van der Waals surface area contributed by atoms with Crippen LogP contribution in [-0.2, 0) is 19.5 Å². The first-order valence-electron chi connectivity index (χ1n) is 10.3. The first-order valence-corrected chi connectivity index (χ1v) is 10.3. The van der Waals surface area contributed by atoms with Crippen LogP contribution in [0.2, 0.25) is 0 Å². The maximum Gasteiger partial charge on any atom is 0.194 e. The van der Waals surface area contributed by atoms with Crippen molar-refractivity contribution in [2.75, 3.05) is 19.6 Å². The van der Waals surface area contributed by atoms with Crippen molar-refractivity contribution in [2.45, 2.75) is 71.4 Å². The summed E-state index contributed by atoms with van der Waals surface area (Å²) < 4.78 is 2.31. The second-order valence-electron chi connectivity index (χ2n) is 7.87. The Labute approximate surface area is 174 Å². The molecule has 0 aromatic carbocycles. The summed E-state index contributed by atoms with van der Waals surface area (Å²) in [7, 11) is 0. The van der Waals surface area contributed by atoms with Gasteiger partial charge < -0.3 is 14.8 Å². The lowest BCUT2D eigenvalue weighted by Crippen LogP contribution is -2.40. The summed E-state index contributed by atoms with van der Waals surface area (Å²) >= 11 is 0. The lowest BCUT2D eigenvalue weighted by molar-refractivity contribution is 0.299. The van der Waals surface area contributed by atoms with Crippen LogP contribution in [-0.4, -0.2) is 45.3 Å². The zero-order valence-corrected chi connectivity index (χ0v) is 18.3. The van der Waals surface area contributed by atoms with Crippen LogP contribution in [0, 0.1) is 11.8 Å². The second-order valence-corrected chi connectivity index (χ2v) is 7.87. The van der Waals surface area contributed by atoms with Gasteiger partial charge in [-0.05, 0) is 44.4 Å². The molecule has 26 heavy (non-hydrogen) atoms. The molecule has 3 heterocycles. The van der Waals surface area contributed by atoms with E-state index < -0.39 is 0 Å². The van der Waals surface area contributed by atoms with Crippen molar-refractivity contribution in [3.05, 3.63) is 11.6 Å². The third-order valence-electron chi connectivity index (χ3n) is 6.17. The summed E-state index contributed by atoms with van der Waals surface area (Å²) in [5.74, 6) is 5.01. The minimum Gasteiger partial charge on any atom is -0.357 e. The van der Waals surface area contributed by atoms with E-state index >= 15 is 0 Å². The van der Waals surface area contributed by atoms with E-state index in [9.17, 15) is 0 Å². The molecule has 0 spiro atoms. The monoisotopic (exact) mass is 472 g/mol. The third-order valence-corrected chi connectivity index (χ3v) is 6.17. The van der Waals surface area contributed by atoms with Gasteiger partial charge in [-0.1, -0.05) is 19.3 Å². The number of aromatic nitrogens is 3. The van der Waals surface area contributed by atoms with Crippen LogP contribution in [0.3, 0.4) is 0 Å². The summed E-state index contributed by atoms with van der Waals surface area (Å²) in [6.07, 6.45) is 10.5. The Kier molecular flexibility index (Phi) is 7.17. The van der Waals surface area contributed by atoms with Crippen molar-refractivity contribution in [3.63, 3.8) is 0 Å². The molecule has 146 valence electrons. The first kappa shape index (κ1) is 19.9. The number of halogens is 1. The number of hydrogen-bond acceptors (Lipinski definition) is 3. The molecule has 4 rings (SSSR count). The highest BCUT2D eigenvalue weighted by Crippen LogP contribution is 2.36. The lowest BCUT2D eigenvalue weighted by atomic mass is 9.82. The SMILES string of the molecule is CCNC(=NCc1nnc2n1CCCCC2)N1CC2CCCCC2C1.I. The topological polar surface area (TPSA) is 58.3 Å². The molecule has 2 aliphatic heterocycles. The fraction of sp³-hybridized carbons (Fsp3) is 0.842. The minimum absolute atomic E-state index is 0. The summed E-state index contributed by atoms with van der Waals surface area (Å²) in [6, 6.07) is 0. The number of aliphatic imine (C=N–C) groups is 1. The molecule has 1 saturated carbocycles. The smallest absolute Gasteiger partial charge is 0.194 e. The van der Waals surface area contributed by atoms with Gasteiger partial charge in [-0.3, -0.25) is 0 Å². The van der Waals surface area contributed by atoms with Crippen molar-refractivity contribution in [1.29, 1.82) is 0 Å². The van der Waals surface area contributed by atoms with Crippen LogP contribution in [0.1, 0.15) is 63.5 Å². The summed E-state index contributed by atoms with van der Waals surface area (Å²) in [6.45, 7) is 7.12. The quantitative estimate of drug-likeness (QED) is 0.417. The fourth-order valence-electron chi connectivity index (χ4n) is 4.81. The molecule has 1 aromatic rings. The zero-order valence-electron chi connectivity index (χ0n) is 16.0. The fourth-order valence-corrected chi connectivity index (χ4v) is 4.81. The van der Waals surface area contributed by atoms with Crippen LogP contribution in [0.5, 0.6) is 0 Å². The highest BCUT2D eigenvalue weighted by molar-refractivity contribution is 14.0. The molecule has 7 heteroatoms. The number of likely N-dealkylation sites (tertiary alicyclic amines) is 1. The molecular formula is C19H33IN6. The van der Waals surface area contributed by atoms with Crippen molar-refractivity contribution >= 4 is 29.9 Å². The number of guanidine groups is 1. The average molecular weight is 472 g/mol. The van der Waals surface area contributed by atoms with E-state index in [1.807, 2.05) is 0 Å². The zero-order chi connectivity index (χ0) is 17.1. The molecule has 1 saturated heterocycles. The van der Waals surface area contributed by atoms with Crippen molar-refractivity contribution in [3.8, 4) is 0 Å². The van der Waals surface area contributed by atoms with Gasteiger partial charge in [0, 0.05) is 32.6 Å². The summed E-state index contributed by atoms with van der Waals surface area (Å²) in [5.41, 5.74) is 0. The predicted molar refractivity (Wildman–Crippen MR) is 115 cm³/mol. The van der Waals surface area contributed by atoms with E-state index in [-0.39, 0.29) is 24.0 Å². The first-order chi connectivity index (χ1) is 12.3. The maximum absolute atomic E-state index is 4.94. The molecule has 2 fully saturated rings. The number of fused-ring (bicyclic) bond motifs is 2. The van der Waals surface area contributed by atoms with Gasteiger partial charge in [-0.15, -0.1) is 34.2 Å². The van der Waals surface area contributed by atoms with Gasteiger partial charge in [0.2, 0.25) is 0 Å². The lowest BCUT2D eigenvalue weighted by Gasteiger charge is -2.22. The number of hydrogen-bond donors (Lipinski definition) is 1. The van der Waals surface area contributed by atoms with E-state index in [1.165, 1.54) is 58.0 Å². The molecule has 2 atom stereocenters. The number of aryl methyl sites for hydroxylation is 1. The molecular weight excluding hydrogens is 439 g/mol. The van der Waals surface area contributed by atoms with E-state index in [2.05, 4.69) is 31.9 Å². The Hall–Kier alpha value is -0.860. The van der Waals surface area contributed by atoms with Crippen LogP contribution in [0.4, 0.5) is 0 Å². The van der Waals surface area contributed by atoms with Crippen molar-refractivity contribution < 1.29 is 0 Å². The number of rotatable bonds is 3. The molecule has 0 radical (unpaired) electrons. The molecule has 6 nitrogen and oxygen atoms in total. The number of nitrogens with zero attached hydrogens (tertiary/aromatic N) is 5. The van der Waals surface area contributed by atoms with Gasteiger partial charge >= 0.3 is 0 Å². The van der Waals surface area contributed by atoms with Crippen molar-refractivity contribution in [1.82, 2.24) is 25.0 Å². The van der Waals surface area contributed by atoms with Gasteiger partial charge in [-0.2, -0.15) is 0 Å². The summed E-state index contributed by atoms with van der Waals surface area (Å²) in [4.78, 5) is 7.43. The Balaban J connectivity index is 0.00000196. The Morgan fingerprint density at radius 1 is 1.08 bits per heavy atom. The van der Waals surface area contributed by atoms with Gasteiger partial charge in [0.25, 0.3) is 0 Å². The Morgan fingerprint density at radius 3 is 2.58 bits per heavy atom. The second kappa shape index (κ2) is 9.37. The molecule has 0 bridgehead atoms. The highest BCUT2D eigenvalue weighted by atomic mass is 127. The largest absolute Gasteiger partial charge is 0.357 e. The van der Waals surface area contributed by atoms with E-state index in [1.54, 1.807) is 0 Å². The van der Waals surface area contributed by atoms with Crippen LogP contribution in [0.25, 0.3) is 0 Å². The number of nitrogens with one attached hydrogen (secondary N) is 1. The molecule has 1 N–H and O–H groups in total. The van der Waals surface area contributed by atoms with E-state index in [0.717, 1.165) is 49.0 Å². The van der Waals surface area contributed by atoms with Crippen LogP contribution in [0.15, 0.2) is 4.99 Å². The molecule has 2 unspecified atom stereocenters. The van der Waals surface area contributed by atoms with Gasteiger partial charge in [-0.25, -0.2) is 4.99 Å². The molecule has 0 amide bonds. The van der Waals surface area contributed by atoms with E-state index in [0.29, 0.717) is 6.54 Å². The maximum atomic E-state index is 4.94. The van der Waals surface area contributed by atoms with E-state index in [4.69, 9.17) is 4.99 Å². The van der Waals surface area contributed by atoms with Crippen LogP contribution >= 0.6 is 24.0 Å². The third kappa shape index (κ3) is 4.34. The Bertz CT molecular complexity index is 599. The minimum atomic E-state index is 0. The van der Waals surface area contributed by atoms with Crippen molar-refractivity contribution in [2.24, 2.45) is 16.8 Å². The molecule has 3 aliphatic rings. The molecule has 1 aromatic heterocycles. The highest BCUT2D eigenvalue weighted by Gasteiger charge is 2.35. The van der Waals surface area contributed by atoms with Gasteiger partial charge in [0.1, 0.15) is 12.4 Å². The molecule has 1 aliphatic carbocycles. The summed E-state index contributed by atoms with van der Waals surface area (Å²) in [5, 5.41) is 12.3. The van der Waals surface area contributed by atoms with Gasteiger partial charge in [0.15, 0.2) is 11.8 Å². The predicted octanol–water partition coefficient (Wildman–Crippen LogP) is 3.21. The Morgan fingerprint density at radius 2 is 1.85 bits per heavy atom. The standard InChI is InChI=1S/C19H32N6.HI/c1-2-20-19(24-13-15-8-5-6-9-16(15)14-24)21-12-18-23-22-17-10-4-3-7-11-25(17)18;/h15-16H,2-14H2,1H3,(H,20,21);1H. The average Bonchev–Trinajstić information content (AvgIpc) is 3.15. The van der Waals surface area contributed by atoms with Crippen LogP contribution < -0.4 is 5.32 Å².